The lowest BCUT2D eigenvalue weighted by Gasteiger charge is -2.25. The van der Waals surface area contributed by atoms with Crippen LogP contribution in [-0.4, -0.2) is 35.5 Å². The number of hydrogen-bond donors (Lipinski definition) is 1. The highest BCUT2D eigenvalue weighted by Gasteiger charge is 2.43. The normalized spacial score (nSPS) is 18.4. The van der Waals surface area contributed by atoms with Crippen LogP contribution in [0.15, 0.2) is 35.3 Å². The van der Waals surface area contributed by atoms with E-state index in [1.54, 1.807) is 37.3 Å². The van der Waals surface area contributed by atoms with Crippen molar-refractivity contribution in [2.75, 3.05) is 6.54 Å². The Hall–Kier alpha value is -2.05. The molecular formula is C13H14F3N3O. The summed E-state index contributed by atoms with van der Waals surface area (Å²) in [6.07, 6.45) is -4.75. The minimum Gasteiger partial charge on any atom is -0.361 e. The molecule has 1 heterocycles. The second kappa shape index (κ2) is 5.52. The largest absolute Gasteiger partial charge is 0.487 e. The van der Waals surface area contributed by atoms with Gasteiger partial charge in [-0.25, -0.2) is 4.90 Å². The Labute approximate surface area is 114 Å². The standard InChI is InChI=1S/C13H14F3N3O/c1-9-7-17-11(18-9)12(20)19(13(14,15)16)8-10-5-3-2-4-6-10/h2-6,9H,7-8H2,1H3,(H,17,18). The zero-order valence-electron chi connectivity index (χ0n) is 10.8. The summed E-state index contributed by atoms with van der Waals surface area (Å²) in [5.74, 6) is -1.38. The molecular weight excluding hydrogens is 271 g/mol. The Morgan fingerprint density at radius 2 is 2.05 bits per heavy atom. The van der Waals surface area contributed by atoms with Gasteiger partial charge in [0.05, 0.1) is 13.1 Å². The summed E-state index contributed by atoms with van der Waals surface area (Å²) < 4.78 is 39.1. The lowest BCUT2D eigenvalue weighted by atomic mass is 10.2. The first-order chi connectivity index (χ1) is 9.38. The molecule has 7 heteroatoms. The van der Waals surface area contributed by atoms with Crippen molar-refractivity contribution in [2.24, 2.45) is 4.99 Å². The van der Waals surface area contributed by atoms with Crippen LogP contribution in [0.4, 0.5) is 13.2 Å². The molecule has 0 fully saturated rings. The van der Waals surface area contributed by atoms with E-state index in [0.29, 0.717) is 12.1 Å². The Balaban J connectivity index is 2.18. The molecule has 0 aromatic heterocycles. The van der Waals surface area contributed by atoms with E-state index in [9.17, 15) is 18.0 Å². The molecule has 1 aromatic carbocycles. The third kappa shape index (κ3) is 3.28. The molecule has 1 aliphatic heterocycles. The van der Waals surface area contributed by atoms with E-state index in [0.717, 1.165) is 0 Å². The smallest absolute Gasteiger partial charge is 0.361 e. The van der Waals surface area contributed by atoms with Crippen molar-refractivity contribution in [2.45, 2.75) is 25.8 Å². The summed E-state index contributed by atoms with van der Waals surface area (Å²) in [7, 11) is 0. The van der Waals surface area contributed by atoms with Crippen LogP contribution in [0.3, 0.4) is 0 Å². The third-order valence-electron chi connectivity index (χ3n) is 2.84. The van der Waals surface area contributed by atoms with Crippen LogP contribution in [-0.2, 0) is 11.3 Å². The number of nitrogens with one attached hydrogen (secondary N) is 1. The van der Waals surface area contributed by atoms with Crippen LogP contribution in [0.2, 0.25) is 0 Å². The van der Waals surface area contributed by atoms with E-state index in [1.165, 1.54) is 0 Å². The molecule has 2 rings (SSSR count). The number of rotatable bonds is 3. The molecule has 1 atom stereocenters. The maximum absolute atomic E-state index is 13.0. The second-order valence-corrected chi connectivity index (χ2v) is 4.58. The van der Waals surface area contributed by atoms with Crippen molar-refractivity contribution in [3.63, 3.8) is 0 Å². The van der Waals surface area contributed by atoms with Crippen LogP contribution in [0, 0.1) is 0 Å². The quantitative estimate of drug-likeness (QED) is 0.862. The number of hydrogen-bond acceptors (Lipinski definition) is 3. The molecule has 1 amide bonds. The van der Waals surface area contributed by atoms with Gasteiger partial charge in [0.2, 0.25) is 0 Å². The summed E-state index contributed by atoms with van der Waals surface area (Å²) in [6, 6.07) is 7.91. The number of halogens is 3. The van der Waals surface area contributed by atoms with Crippen molar-refractivity contribution < 1.29 is 18.0 Å². The molecule has 1 aliphatic rings. The first-order valence-electron chi connectivity index (χ1n) is 6.11. The summed E-state index contributed by atoms with van der Waals surface area (Å²) in [6.45, 7) is 1.52. The fraction of sp³-hybridized carbons (Fsp3) is 0.385. The van der Waals surface area contributed by atoms with E-state index in [4.69, 9.17) is 0 Å². The lowest BCUT2D eigenvalue weighted by molar-refractivity contribution is -0.240. The average molecular weight is 285 g/mol. The molecule has 0 aliphatic carbocycles. The number of amidine groups is 1. The van der Waals surface area contributed by atoms with Gasteiger partial charge in [0.15, 0.2) is 5.84 Å². The molecule has 0 spiro atoms. The highest BCUT2D eigenvalue weighted by molar-refractivity contribution is 6.38. The molecule has 0 bridgehead atoms. The maximum Gasteiger partial charge on any atom is 0.487 e. The van der Waals surface area contributed by atoms with Crippen molar-refractivity contribution >= 4 is 11.7 Å². The van der Waals surface area contributed by atoms with E-state index < -0.39 is 18.8 Å². The highest BCUT2D eigenvalue weighted by atomic mass is 19.4. The first-order valence-corrected chi connectivity index (χ1v) is 6.11. The molecule has 1 N–H and O–H groups in total. The van der Waals surface area contributed by atoms with Gasteiger partial charge in [-0.1, -0.05) is 30.3 Å². The van der Waals surface area contributed by atoms with E-state index >= 15 is 0 Å². The van der Waals surface area contributed by atoms with E-state index in [1.807, 2.05) is 0 Å². The topological polar surface area (TPSA) is 44.7 Å². The summed E-state index contributed by atoms with van der Waals surface area (Å²) in [5, 5.41) is 2.65. The van der Waals surface area contributed by atoms with Crippen molar-refractivity contribution in [1.29, 1.82) is 0 Å². The fourth-order valence-corrected chi connectivity index (χ4v) is 1.85. The molecule has 4 nitrogen and oxygen atoms in total. The van der Waals surface area contributed by atoms with E-state index in [-0.39, 0.29) is 16.8 Å². The van der Waals surface area contributed by atoms with Gasteiger partial charge in [-0.15, -0.1) is 13.2 Å². The second-order valence-electron chi connectivity index (χ2n) is 4.58. The van der Waals surface area contributed by atoms with Gasteiger partial charge in [0.25, 0.3) is 5.91 Å². The number of carbonyl (C=O) groups excluding carboxylic acids is 1. The summed E-state index contributed by atoms with van der Waals surface area (Å²) in [4.78, 5) is 15.6. The van der Waals surface area contributed by atoms with Gasteiger partial charge in [-0.05, 0) is 12.5 Å². The van der Waals surface area contributed by atoms with Crippen LogP contribution in [0.25, 0.3) is 0 Å². The van der Waals surface area contributed by atoms with Crippen LogP contribution in [0.5, 0.6) is 0 Å². The molecule has 0 saturated carbocycles. The van der Waals surface area contributed by atoms with Gasteiger partial charge >= 0.3 is 6.30 Å². The fourth-order valence-electron chi connectivity index (χ4n) is 1.85. The number of aliphatic imine (C=N–C) groups is 1. The minimum atomic E-state index is -4.75. The molecule has 108 valence electrons. The zero-order chi connectivity index (χ0) is 14.8. The zero-order valence-corrected chi connectivity index (χ0v) is 10.8. The predicted molar refractivity (Wildman–Crippen MR) is 67.9 cm³/mol. The van der Waals surface area contributed by atoms with Gasteiger partial charge in [0, 0.05) is 6.04 Å². The Morgan fingerprint density at radius 1 is 1.40 bits per heavy atom. The summed E-state index contributed by atoms with van der Waals surface area (Å²) in [5.41, 5.74) is 0.407. The SMILES string of the molecule is CC1CN=C(C(=O)N(Cc2ccccc2)C(F)(F)F)N1. The number of carbonyl (C=O) groups is 1. The number of amides is 1. The Bertz CT molecular complexity index is 513. The van der Waals surface area contributed by atoms with Gasteiger partial charge in [-0.3, -0.25) is 9.79 Å². The molecule has 20 heavy (non-hydrogen) atoms. The van der Waals surface area contributed by atoms with Gasteiger partial charge in [-0.2, -0.15) is 0 Å². The molecule has 0 saturated heterocycles. The van der Waals surface area contributed by atoms with E-state index in [2.05, 4.69) is 10.3 Å². The molecule has 0 radical (unpaired) electrons. The average Bonchev–Trinajstić information content (AvgIpc) is 2.82. The van der Waals surface area contributed by atoms with Crippen LogP contribution in [0.1, 0.15) is 12.5 Å². The van der Waals surface area contributed by atoms with Crippen molar-refractivity contribution in [3.05, 3.63) is 35.9 Å². The lowest BCUT2D eigenvalue weighted by Crippen LogP contribution is -2.49. The van der Waals surface area contributed by atoms with Crippen molar-refractivity contribution in [3.8, 4) is 0 Å². The van der Waals surface area contributed by atoms with Crippen LogP contribution >= 0.6 is 0 Å². The third-order valence-corrected chi connectivity index (χ3v) is 2.84. The van der Waals surface area contributed by atoms with Crippen molar-refractivity contribution in [1.82, 2.24) is 10.2 Å². The number of benzene rings is 1. The highest BCUT2D eigenvalue weighted by Crippen LogP contribution is 2.24. The number of nitrogens with zero attached hydrogens (tertiary/aromatic N) is 2. The Morgan fingerprint density at radius 3 is 2.55 bits per heavy atom. The predicted octanol–water partition coefficient (Wildman–Crippen LogP) is 1.93. The minimum absolute atomic E-state index is 0.124. The molecule has 1 aromatic rings. The Kier molecular flexibility index (Phi) is 3.96. The van der Waals surface area contributed by atoms with Gasteiger partial charge in [0.1, 0.15) is 0 Å². The molecule has 1 unspecified atom stereocenters. The number of alkyl halides is 3. The first kappa shape index (κ1) is 14.4. The summed E-state index contributed by atoms with van der Waals surface area (Å²) >= 11 is 0. The van der Waals surface area contributed by atoms with Gasteiger partial charge < -0.3 is 5.32 Å². The maximum atomic E-state index is 13.0. The van der Waals surface area contributed by atoms with Crippen LogP contribution < -0.4 is 5.32 Å². The monoisotopic (exact) mass is 285 g/mol.